The summed E-state index contributed by atoms with van der Waals surface area (Å²) in [6.45, 7) is 6.45. The second-order valence-electron chi connectivity index (χ2n) is 19.2. The van der Waals surface area contributed by atoms with Crippen molar-refractivity contribution in [2.24, 2.45) is 0 Å². The van der Waals surface area contributed by atoms with Gasteiger partial charge in [0.25, 0.3) is 0 Å². The molecule has 0 N–H and O–H groups in total. The van der Waals surface area contributed by atoms with Crippen LogP contribution in [0.25, 0.3) is 116 Å². The van der Waals surface area contributed by atoms with Gasteiger partial charge in [0, 0.05) is 89.7 Å². The molecular formula is C69H51IS4. The molecule has 0 fully saturated rings. The molecule has 0 amide bonds. The Labute approximate surface area is 464 Å². The van der Waals surface area contributed by atoms with Crippen molar-refractivity contribution in [3.8, 4) is 96.9 Å². The molecule has 0 aliphatic carbocycles. The highest BCUT2D eigenvalue weighted by Gasteiger charge is 2.23. The maximum Gasteiger partial charge on any atom is 0.0512 e. The van der Waals surface area contributed by atoms with Crippen LogP contribution >= 0.6 is 67.9 Å². The number of hydrogen-bond acceptors (Lipinski definition) is 4. The van der Waals surface area contributed by atoms with Gasteiger partial charge in [-0.05, 0) is 123 Å². The van der Waals surface area contributed by atoms with Crippen molar-refractivity contribution in [1.29, 1.82) is 0 Å². The fourth-order valence-electron chi connectivity index (χ4n) is 11.0. The van der Waals surface area contributed by atoms with E-state index in [0.717, 1.165) is 41.5 Å². The van der Waals surface area contributed by atoms with Crippen LogP contribution in [-0.2, 0) is 0 Å². The Kier molecular flexibility index (Phi) is 14.1. The summed E-state index contributed by atoms with van der Waals surface area (Å²) >= 11 is 9.50. The van der Waals surface area contributed by atoms with Gasteiger partial charge in [-0.1, -0.05) is 185 Å². The maximum atomic E-state index is 3.74. The van der Waals surface area contributed by atoms with Crippen LogP contribution in [0.5, 0.6) is 0 Å². The third-order valence-corrected chi connectivity index (χ3v) is 19.2. The van der Waals surface area contributed by atoms with E-state index < -0.39 is 0 Å². The maximum absolute atomic E-state index is 3.74. The van der Waals surface area contributed by atoms with Gasteiger partial charge in [0.1, 0.15) is 0 Å². The second-order valence-corrected chi connectivity index (χ2v) is 23.6. The van der Waals surface area contributed by atoms with Gasteiger partial charge >= 0.3 is 0 Å². The summed E-state index contributed by atoms with van der Waals surface area (Å²) in [5, 5.41) is 19.7. The molecule has 0 aliphatic rings. The molecule has 5 heteroatoms. The minimum atomic E-state index is 0.898. The van der Waals surface area contributed by atoms with Gasteiger partial charge in [-0.25, -0.2) is 0 Å². The first-order valence-electron chi connectivity index (χ1n) is 25.9. The highest BCUT2D eigenvalue weighted by molar-refractivity contribution is 14.1. The summed E-state index contributed by atoms with van der Waals surface area (Å²) in [6, 6.07) is 46.1. The minimum absolute atomic E-state index is 0.898. The molecule has 4 heterocycles. The van der Waals surface area contributed by atoms with Gasteiger partial charge in [0.2, 0.25) is 0 Å². The first-order valence-corrected chi connectivity index (χ1v) is 30.4. The Balaban J connectivity index is 0.979. The zero-order chi connectivity index (χ0) is 50.1. The average molecular weight is 1140 g/mol. The number of thiophene rings is 4. The van der Waals surface area contributed by atoms with Crippen LogP contribution in [0, 0.1) is 45.4 Å². The minimum Gasteiger partial charge on any atom is -0.142 e. The predicted octanol–water partition coefficient (Wildman–Crippen LogP) is 21.8. The van der Waals surface area contributed by atoms with Gasteiger partial charge in [-0.15, -0.1) is 51.3 Å². The van der Waals surface area contributed by atoms with Gasteiger partial charge in [-0.2, -0.15) is 0 Å². The van der Waals surface area contributed by atoms with Crippen molar-refractivity contribution >= 4 is 133 Å². The van der Waals surface area contributed by atoms with Crippen LogP contribution in [0.3, 0.4) is 0 Å². The van der Waals surface area contributed by atoms with Crippen molar-refractivity contribution < 1.29 is 0 Å². The lowest BCUT2D eigenvalue weighted by atomic mass is 9.89. The van der Waals surface area contributed by atoms with Crippen LogP contribution in [0.15, 0.2) is 132 Å². The fraction of sp³-hybridized carbons (Fsp3) is 0.188. The summed E-state index contributed by atoms with van der Waals surface area (Å²) in [7, 11) is 0. The molecule has 4 aromatic heterocycles. The Morgan fingerprint density at radius 2 is 0.770 bits per heavy atom. The normalized spacial score (nSPS) is 11.4. The molecule has 0 saturated heterocycles. The van der Waals surface area contributed by atoms with Gasteiger partial charge < -0.3 is 0 Å². The van der Waals surface area contributed by atoms with Crippen molar-refractivity contribution in [3.63, 3.8) is 0 Å². The molecule has 0 aliphatic heterocycles. The van der Waals surface area contributed by atoms with E-state index in [1.54, 1.807) is 22.7 Å². The summed E-state index contributed by atoms with van der Waals surface area (Å²) in [5.41, 5.74) is 9.33. The lowest BCUT2D eigenvalue weighted by Crippen LogP contribution is -1.89. The highest BCUT2D eigenvalue weighted by atomic mass is 127. The molecule has 12 rings (SSSR count). The van der Waals surface area contributed by atoms with E-state index in [-0.39, 0.29) is 0 Å². The Bertz CT molecular complexity index is 4350. The van der Waals surface area contributed by atoms with E-state index in [0.29, 0.717) is 0 Å². The van der Waals surface area contributed by atoms with Crippen molar-refractivity contribution in [2.75, 3.05) is 0 Å². The van der Waals surface area contributed by atoms with E-state index in [9.17, 15) is 0 Å². The van der Waals surface area contributed by atoms with E-state index in [1.165, 1.54) is 161 Å². The second kappa shape index (κ2) is 21.5. The molecule has 0 bridgehead atoms. The predicted molar refractivity (Wildman–Crippen MR) is 337 cm³/mol. The number of hydrogen-bond donors (Lipinski definition) is 0. The monoisotopic (exact) mass is 1130 g/mol. The SMILES string of the molecule is CC#Cc1ccsc1-c1ccc2ccc3c(-c4sc(-c5cc(C#CI)c(-c6ccc7ccc8c(-c9sccc9C#CCCCCCC)ccc9ccc6c7c98)s5)cc4C#CCCCCCC)ccc4ccc1c2c43. The molecule has 0 atom stereocenters. The molecule has 0 saturated carbocycles. The summed E-state index contributed by atoms with van der Waals surface area (Å²) in [6.07, 6.45) is 11.6. The largest absolute Gasteiger partial charge is 0.142 e. The molecule has 0 radical (unpaired) electrons. The number of unbranched alkanes of at least 4 members (excludes halogenated alkanes) is 8. The Morgan fingerprint density at radius 3 is 1.18 bits per heavy atom. The molecular weight excluding hydrogens is 1080 g/mol. The van der Waals surface area contributed by atoms with E-state index in [1.807, 2.05) is 29.6 Å². The molecule has 358 valence electrons. The fourth-order valence-corrected chi connectivity index (χ4v) is 15.5. The van der Waals surface area contributed by atoms with Gasteiger partial charge in [0.15, 0.2) is 0 Å². The first kappa shape index (κ1) is 48.5. The van der Waals surface area contributed by atoms with Gasteiger partial charge in [0.05, 0.1) is 19.5 Å². The molecule has 12 aromatic rings. The first-order chi connectivity index (χ1) is 36.6. The van der Waals surface area contributed by atoms with Crippen molar-refractivity contribution in [3.05, 3.63) is 154 Å². The van der Waals surface area contributed by atoms with Crippen LogP contribution in [0.1, 0.15) is 107 Å². The summed E-state index contributed by atoms with van der Waals surface area (Å²) in [5.74, 6) is 24.5. The average Bonchev–Trinajstić information content (AvgIpc) is 4.27. The number of halogens is 1. The van der Waals surface area contributed by atoms with Crippen LogP contribution in [-0.4, -0.2) is 0 Å². The molecule has 0 nitrogen and oxygen atoms in total. The van der Waals surface area contributed by atoms with E-state index >= 15 is 0 Å². The third-order valence-electron chi connectivity index (χ3n) is 14.5. The number of rotatable bonds is 13. The molecule has 8 aromatic carbocycles. The van der Waals surface area contributed by atoms with Gasteiger partial charge in [-0.3, -0.25) is 0 Å². The van der Waals surface area contributed by atoms with Crippen LogP contribution in [0.2, 0.25) is 0 Å². The summed E-state index contributed by atoms with van der Waals surface area (Å²) < 4.78 is 3.26. The summed E-state index contributed by atoms with van der Waals surface area (Å²) in [4.78, 5) is 7.34. The Hall–Kier alpha value is -6.39. The van der Waals surface area contributed by atoms with E-state index in [4.69, 9.17) is 0 Å². The van der Waals surface area contributed by atoms with Crippen LogP contribution < -0.4 is 0 Å². The molecule has 0 unspecified atom stereocenters. The third kappa shape index (κ3) is 8.88. The zero-order valence-electron chi connectivity index (χ0n) is 41.8. The standard InChI is InChI=1S/C69H51IS4/c1-4-7-9-11-13-15-18-49-38-41-72-67(49)57-33-25-45-23-31-55-59(35-27-47-21-29-53(57)63(45)65(47)55)69-51(36-39-70)43-61(74-69)60-42-50(19-16-14-12-10-8-5-2)68(73-60)58-34-26-46-20-28-52-56(66-48(17-6-3)37-40-71-66)32-24-44-22-30-54(58)64(46)62(44)52/h20-35,37-38,40-43H,4-5,7-14H2,1-3H3. The molecule has 0 spiro atoms. The topological polar surface area (TPSA) is 0 Å². The highest BCUT2D eigenvalue weighted by Crippen LogP contribution is 2.50. The van der Waals surface area contributed by atoms with Crippen molar-refractivity contribution in [1.82, 2.24) is 0 Å². The van der Waals surface area contributed by atoms with Crippen molar-refractivity contribution in [2.45, 2.75) is 85.0 Å². The lowest BCUT2D eigenvalue weighted by Gasteiger charge is -2.16. The zero-order valence-corrected chi connectivity index (χ0v) is 47.2. The quantitative estimate of drug-likeness (QED) is 0.0467. The lowest BCUT2D eigenvalue weighted by molar-refractivity contribution is 0.679. The number of benzene rings is 8. The smallest absolute Gasteiger partial charge is 0.0512 e. The van der Waals surface area contributed by atoms with Crippen LogP contribution in [0.4, 0.5) is 0 Å². The Morgan fingerprint density at radius 1 is 0.392 bits per heavy atom. The molecule has 74 heavy (non-hydrogen) atoms. The van der Waals surface area contributed by atoms with E-state index in [2.05, 4.69) is 214 Å².